The topological polar surface area (TPSA) is 79.5 Å². The zero-order chi connectivity index (χ0) is 18.7. The minimum Gasteiger partial charge on any atom is -0.481 e. The van der Waals surface area contributed by atoms with E-state index >= 15 is 0 Å². The van der Waals surface area contributed by atoms with Gasteiger partial charge in [0.2, 0.25) is 0 Å². The van der Waals surface area contributed by atoms with Crippen LogP contribution >= 0.6 is 0 Å². The maximum atomic E-state index is 11.1. The van der Waals surface area contributed by atoms with Crippen molar-refractivity contribution >= 4 is 33.7 Å². The second kappa shape index (κ2) is 7.60. The highest BCUT2D eigenvalue weighted by molar-refractivity contribution is 6.08. The van der Waals surface area contributed by atoms with Crippen LogP contribution < -0.4 is 0 Å². The lowest BCUT2D eigenvalue weighted by Crippen LogP contribution is -2.01. The van der Waals surface area contributed by atoms with Gasteiger partial charge in [-0.25, -0.2) is 0 Å². The molecule has 5 heteroatoms. The third-order valence-electron chi connectivity index (χ3n) is 4.69. The van der Waals surface area contributed by atoms with Gasteiger partial charge in [0.25, 0.3) is 0 Å². The van der Waals surface area contributed by atoms with Crippen molar-refractivity contribution in [3.05, 3.63) is 47.5 Å². The molecule has 0 saturated carbocycles. The largest absolute Gasteiger partial charge is 0.481 e. The van der Waals surface area contributed by atoms with Crippen molar-refractivity contribution < 1.29 is 19.8 Å². The summed E-state index contributed by atoms with van der Waals surface area (Å²) < 4.78 is 2.26. The van der Waals surface area contributed by atoms with Gasteiger partial charge in [-0.2, -0.15) is 0 Å². The van der Waals surface area contributed by atoms with Crippen LogP contribution in [0.1, 0.15) is 37.3 Å². The number of aryl methyl sites for hydroxylation is 1. The Morgan fingerprint density at radius 3 is 1.77 bits per heavy atom. The normalized spacial score (nSPS) is 11.3. The summed E-state index contributed by atoms with van der Waals surface area (Å²) in [6.45, 7) is 3.06. The molecular weight excluding hydrogens is 330 g/mol. The summed E-state index contributed by atoms with van der Waals surface area (Å²) in [6, 6.07) is 11.5. The smallest absolute Gasteiger partial charge is 0.307 e. The highest BCUT2D eigenvalue weighted by Crippen LogP contribution is 2.31. The average Bonchev–Trinajstić information content (AvgIpc) is 2.87. The molecule has 0 fully saturated rings. The number of hydrogen-bond acceptors (Lipinski definition) is 2. The van der Waals surface area contributed by atoms with Crippen molar-refractivity contribution in [2.75, 3.05) is 0 Å². The van der Waals surface area contributed by atoms with Gasteiger partial charge in [0.05, 0.1) is 12.8 Å². The van der Waals surface area contributed by atoms with Gasteiger partial charge in [0.1, 0.15) is 0 Å². The molecule has 0 atom stereocenters. The third-order valence-corrected chi connectivity index (χ3v) is 4.69. The SMILES string of the molecule is CCCCCn1c2ccc(CC(=O)O)cc2c2cc(CC(=O)O)ccc21. The molecule has 3 aromatic rings. The highest BCUT2D eigenvalue weighted by atomic mass is 16.4. The molecular formula is C21H23NO4. The van der Waals surface area contributed by atoms with E-state index in [1.807, 2.05) is 36.4 Å². The second-order valence-electron chi connectivity index (χ2n) is 6.70. The molecule has 3 rings (SSSR count). The zero-order valence-corrected chi connectivity index (χ0v) is 14.9. The lowest BCUT2D eigenvalue weighted by molar-refractivity contribution is -0.137. The molecule has 0 aliphatic rings. The number of carboxylic acid groups (broad SMARTS) is 2. The average molecular weight is 353 g/mol. The Bertz CT molecular complexity index is 898. The van der Waals surface area contributed by atoms with E-state index in [1.165, 1.54) is 0 Å². The van der Waals surface area contributed by atoms with Crippen LogP contribution in [-0.4, -0.2) is 26.7 Å². The van der Waals surface area contributed by atoms with Crippen LogP contribution in [0.3, 0.4) is 0 Å². The molecule has 0 aliphatic heterocycles. The molecule has 5 nitrogen and oxygen atoms in total. The number of rotatable bonds is 8. The van der Waals surface area contributed by atoms with Crippen LogP contribution in [0.4, 0.5) is 0 Å². The summed E-state index contributed by atoms with van der Waals surface area (Å²) in [7, 11) is 0. The van der Waals surface area contributed by atoms with Crippen LogP contribution in [0, 0.1) is 0 Å². The van der Waals surface area contributed by atoms with Crippen LogP contribution in [0.2, 0.25) is 0 Å². The fourth-order valence-electron chi connectivity index (χ4n) is 3.53. The summed E-state index contributed by atoms with van der Waals surface area (Å²) in [5.74, 6) is -1.72. The quantitative estimate of drug-likeness (QED) is 0.594. The summed E-state index contributed by atoms with van der Waals surface area (Å²) in [4.78, 5) is 22.1. The number of hydrogen-bond donors (Lipinski definition) is 2. The Labute approximate surface area is 151 Å². The van der Waals surface area contributed by atoms with Crippen LogP contribution in [0.25, 0.3) is 21.8 Å². The fraction of sp³-hybridized carbons (Fsp3) is 0.333. The van der Waals surface area contributed by atoms with Gasteiger partial charge in [-0.3, -0.25) is 9.59 Å². The molecule has 1 aromatic heterocycles. The molecule has 0 amide bonds. The number of fused-ring (bicyclic) bond motifs is 3. The van der Waals surface area contributed by atoms with E-state index in [0.29, 0.717) is 0 Å². The Morgan fingerprint density at radius 1 is 0.846 bits per heavy atom. The van der Waals surface area contributed by atoms with E-state index in [1.54, 1.807) is 0 Å². The van der Waals surface area contributed by atoms with Crippen LogP contribution in [0.15, 0.2) is 36.4 Å². The van der Waals surface area contributed by atoms with Crippen molar-refractivity contribution in [1.29, 1.82) is 0 Å². The first kappa shape index (κ1) is 18.0. The van der Waals surface area contributed by atoms with E-state index in [4.69, 9.17) is 10.2 Å². The summed E-state index contributed by atoms with van der Waals surface area (Å²) in [5.41, 5.74) is 3.64. The molecule has 0 saturated heterocycles. The molecule has 136 valence electrons. The number of unbranched alkanes of at least 4 members (excludes halogenated alkanes) is 2. The molecule has 0 bridgehead atoms. The van der Waals surface area contributed by atoms with Gasteiger partial charge in [0, 0.05) is 28.4 Å². The number of carboxylic acids is 2. The maximum absolute atomic E-state index is 11.1. The first-order valence-electron chi connectivity index (χ1n) is 8.97. The molecule has 26 heavy (non-hydrogen) atoms. The Morgan fingerprint density at radius 2 is 1.35 bits per heavy atom. The van der Waals surface area contributed by atoms with E-state index in [-0.39, 0.29) is 12.8 Å². The lowest BCUT2D eigenvalue weighted by Gasteiger charge is -2.07. The van der Waals surface area contributed by atoms with E-state index < -0.39 is 11.9 Å². The third kappa shape index (κ3) is 3.72. The van der Waals surface area contributed by atoms with Gasteiger partial charge >= 0.3 is 11.9 Å². The highest BCUT2D eigenvalue weighted by Gasteiger charge is 2.13. The number of aromatic nitrogens is 1. The maximum Gasteiger partial charge on any atom is 0.307 e. The van der Waals surface area contributed by atoms with Crippen LogP contribution in [0.5, 0.6) is 0 Å². The van der Waals surface area contributed by atoms with Crippen molar-refractivity contribution in [1.82, 2.24) is 4.57 Å². The molecule has 1 heterocycles. The van der Waals surface area contributed by atoms with Gasteiger partial charge < -0.3 is 14.8 Å². The van der Waals surface area contributed by atoms with Crippen molar-refractivity contribution in [3.8, 4) is 0 Å². The number of aliphatic carboxylic acids is 2. The minimum absolute atomic E-state index is 0.0206. The molecule has 0 radical (unpaired) electrons. The summed E-state index contributed by atoms with van der Waals surface area (Å²) in [5, 5.41) is 20.1. The van der Waals surface area contributed by atoms with Crippen molar-refractivity contribution in [3.63, 3.8) is 0 Å². The minimum atomic E-state index is -0.859. The Kier molecular flexibility index (Phi) is 5.26. The van der Waals surface area contributed by atoms with Crippen molar-refractivity contribution in [2.45, 2.75) is 45.6 Å². The number of carbonyl (C=O) groups is 2. The summed E-state index contributed by atoms with van der Waals surface area (Å²) in [6.07, 6.45) is 3.32. The lowest BCUT2D eigenvalue weighted by atomic mass is 10.0. The summed E-state index contributed by atoms with van der Waals surface area (Å²) >= 11 is 0. The predicted octanol–water partition coefficient (Wildman–Crippen LogP) is 4.24. The molecule has 0 aliphatic carbocycles. The number of nitrogens with zero attached hydrogens (tertiary/aromatic N) is 1. The first-order chi connectivity index (χ1) is 12.5. The van der Waals surface area contributed by atoms with E-state index in [2.05, 4.69) is 11.5 Å². The monoisotopic (exact) mass is 353 g/mol. The van der Waals surface area contributed by atoms with E-state index in [0.717, 1.165) is 58.7 Å². The molecule has 0 spiro atoms. The Balaban J connectivity index is 2.16. The standard InChI is InChI=1S/C21H23NO4/c1-2-3-4-9-22-18-7-5-14(12-20(23)24)10-16(18)17-11-15(13-21(25)26)6-8-19(17)22/h5-8,10-11H,2-4,9,12-13H2,1H3,(H,23,24)(H,25,26). The Hall–Kier alpha value is -2.82. The van der Waals surface area contributed by atoms with Gasteiger partial charge in [-0.05, 0) is 41.8 Å². The zero-order valence-electron chi connectivity index (χ0n) is 14.9. The molecule has 2 N–H and O–H groups in total. The fourth-order valence-corrected chi connectivity index (χ4v) is 3.53. The van der Waals surface area contributed by atoms with E-state index in [9.17, 15) is 9.59 Å². The van der Waals surface area contributed by atoms with Gasteiger partial charge in [0.15, 0.2) is 0 Å². The molecule has 0 unspecified atom stereocenters. The first-order valence-corrected chi connectivity index (χ1v) is 8.97. The second-order valence-corrected chi connectivity index (χ2v) is 6.70. The predicted molar refractivity (Wildman–Crippen MR) is 102 cm³/mol. The van der Waals surface area contributed by atoms with Gasteiger partial charge in [-0.1, -0.05) is 31.9 Å². The number of benzene rings is 2. The van der Waals surface area contributed by atoms with Crippen LogP contribution in [-0.2, 0) is 29.0 Å². The van der Waals surface area contributed by atoms with Gasteiger partial charge in [-0.15, -0.1) is 0 Å². The van der Waals surface area contributed by atoms with Crippen molar-refractivity contribution in [2.24, 2.45) is 0 Å². The molecule has 2 aromatic carbocycles.